The molecule has 172 valence electrons. The van der Waals surface area contributed by atoms with Crippen molar-refractivity contribution >= 4 is 0 Å². The van der Waals surface area contributed by atoms with Gasteiger partial charge >= 0.3 is 0 Å². The van der Waals surface area contributed by atoms with Crippen molar-refractivity contribution in [1.29, 1.82) is 0 Å². The van der Waals surface area contributed by atoms with Crippen molar-refractivity contribution in [3.05, 3.63) is 71.7 Å². The first kappa shape index (κ1) is 23.9. The Morgan fingerprint density at radius 2 is 1.91 bits per heavy atom. The lowest BCUT2D eigenvalue weighted by Gasteiger charge is -2.30. The molecule has 1 aromatic heterocycles. The molecule has 0 aliphatic heterocycles. The Hall–Kier alpha value is -2.74. The Morgan fingerprint density at radius 3 is 2.56 bits per heavy atom. The standard InChI is InChI=1S/C25H32FN3O3/c1-5-18(2)28(15-22(30)17-31-4)16-24-19(3)27-29(21-11-7-6-8-12-21)25(24)32-23-13-9-10-20(26)14-23/h6-14,18,22,30H,5,15-17H2,1-4H3/t18-,22+/m0/s1. The summed E-state index contributed by atoms with van der Waals surface area (Å²) in [5.74, 6) is 0.571. The lowest BCUT2D eigenvalue weighted by Crippen LogP contribution is -2.40. The minimum absolute atomic E-state index is 0.225. The van der Waals surface area contributed by atoms with Crippen LogP contribution in [0.15, 0.2) is 54.6 Å². The first-order valence-corrected chi connectivity index (χ1v) is 10.9. The number of ether oxygens (including phenoxy) is 2. The van der Waals surface area contributed by atoms with Gasteiger partial charge in [-0.2, -0.15) is 5.10 Å². The number of benzene rings is 2. The van der Waals surface area contributed by atoms with Crippen molar-refractivity contribution in [3.63, 3.8) is 0 Å². The van der Waals surface area contributed by atoms with Crippen molar-refractivity contribution in [2.75, 3.05) is 20.3 Å². The molecule has 0 aliphatic rings. The number of para-hydroxylation sites is 1. The fraction of sp³-hybridized carbons (Fsp3) is 0.400. The van der Waals surface area contributed by atoms with Crippen molar-refractivity contribution in [2.45, 2.75) is 45.9 Å². The second-order valence-electron chi connectivity index (χ2n) is 7.97. The van der Waals surface area contributed by atoms with Gasteiger partial charge in [-0.1, -0.05) is 31.2 Å². The highest BCUT2D eigenvalue weighted by Crippen LogP contribution is 2.32. The average Bonchev–Trinajstić information content (AvgIpc) is 3.08. The molecular weight excluding hydrogens is 409 g/mol. The fourth-order valence-corrected chi connectivity index (χ4v) is 3.59. The number of aromatic nitrogens is 2. The Morgan fingerprint density at radius 1 is 1.16 bits per heavy atom. The second-order valence-corrected chi connectivity index (χ2v) is 7.97. The van der Waals surface area contributed by atoms with E-state index in [-0.39, 0.29) is 18.5 Å². The van der Waals surface area contributed by atoms with Gasteiger partial charge in [0.05, 0.1) is 29.7 Å². The van der Waals surface area contributed by atoms with Crippen LogP contribution in [-0.2, 0) is 11.3 Å². The molecule has 7 heteroatoms. The number of halogens is 1. The zero-order valence-electron chi connectivity index (χ0n) is 19.2. The van der Waals surface area contributed by atoms with Crippen molar-refractivity contribution in [2.24, 2.45) is 0 Å². The van der Waals surface area contributed by atoms with Crippen LogP contribution in [0.2, 0.25) is 0 Å². The summed E-state index contributed by atoms with van der Waals surface area (Å²) < 4.78 is 26.9. The Labute approximate surface area is 189 Å². The third kappa shape index (κ3) is 5.94. The minimum atomic E-state index is -0.605. The van der Waals surface area contributed by atoms with Crippen LogP contribution in [0.25, 0.3) is 5.69 Å². The number of nitrogens with zero attached hydrogens (tertiary/aromatic N) is 3. The van der Waals surface area contributed by atoms with Crippen LogP contribution in [0.1, 0.15) is 31.5 Å². The normalized spacial score (nSPS) is 13.3. The topological polar surface area (TPSA) is 59.8 Å². The van der Waals surface area contributed by atoms with Crippen LogP contribution in [0.3, 0.4) is 0 Å². The van der Waals surface area contributed by atoms with E-state index in [4.69, 9.17) is 14.6 Å². The zero-order valence-corrected chi connectivity index (χ0v) is 19.2. The highest BCUT2D eigenvalue weighted by molar-refractivity contribution is 5.43. The molecule has 3 rings (SSSR count). The maximum atomic E-state index is 13.8. The molecule has 0 saturated carbocycles. The molecule has 0 unspecified atom stereocenters. The molecule has 3 aromatic rings. The molecule has 0 amide bonds. The molecule has 1 heterocycles. The molecule has 0 saturated heterocycles. The van der Waals surface area contributed by atoms with Gasteiger partial charge in [-0.3, -0.25) is 4.90 Å². The van der Waals surface area contributed by atoms with E-state index in [1.165, 1.54) is 12.1 Å². The Kier molecular flexibility index (Phi) is 8.39. The molecule has 0 fully saturated rings. The molecule has 0 radical (unpaired) electrons. The minimum Gasteiger partial charge on any atom is -0.438 e. The summed E-state index contributed by atoms with van der Waals surface area (Å²) in [5.41, 5.74) is 2.56. The van der Waals surface area contributed by atoms with E-state index in [9.17, 15) is 9.50 Å². The molecule has 1 N–H and O–H groups in total. The van der Waals surface area contributed by atoms with Gasteiger partial charge in [-0.05, 0) is 44.5 Å². The molecule has 2 aromatic carbocycles. The largest absolute Gasteiger partial charge is 0.438 e. The molecule has 6 nitrogen and oxygen atoms in total. The van der Waals surface area contributed by atoms with E-state index in [2.05, 4.69) is 18.7 Å². The van der Waals surface area contributed by atoms with Crippen LogP contribution in [0.4, 0.5) is 4.39 Å². The molecule has 0 spiro atoms. The molecule has 0 bridgehead atoms. The maximum Gasteiger partial charge on any atom is 0.227 e. The number of hydrogen-bond acceptors (Lipinski definition) is 5. The highest BCUT2D eigenvalue weighted by atomic mass is 19.1. The summed E-state index contributed by atoms with van der Waals surface area (Å²) >= 11 is 0. The zero-order chi connectivity index (χ0) is 23.1. The SMILES string of the molecule is CC[C@H](C)N(Cc1c(C)nn(-c2ccccc2)c1Oc1cccc(F)c1)C[C@@H](O)COC. The fourth-order valence-electron chi connectivity index (χ4n) is 3.59. The van der Waals surface area contributed by atoms with Crippen LogP contribution < -0.4 is 4.74 Å². The van der Waals surface area contributed by atoms with Gasteiger partial charge in [-0.25, -0.2) is 9.07 Å². The molecular formula is C25H32FN3O3. The molecule has 32 heavy (non-hydrogen) atoms. The van der Waals surface area contributed by atoms with Gasteiger partial charge < -0.3 is 14.6 Å². The number of methoxy groups -OCH3 is 1. The summed E-state index contributed by atoms with van der Waals surface area (Å²) in [5, 5.41) is 15.1. The second kappa shape index (κ2) is 11.2. The summed E-state index contributed by atoms with van der Waals surface area (Å²) in [6.45, 7) is 7.43. The summed E-state index contributed by atoms with van der Waals surface area (Å²) in [4.78, 5) is 2.20. The summed E-state index contributed by atoms with van der Waals surface area (Å²) in [7, 11) is 1.58. The van der Waals surface area contributed by atoms with E-state index in [0.717, 1.165) is 23.4 Å². The van der Waals surface area contributed by atoms with E-state index in [1.807, 2.05) is 37.3 Å². The van der Waals surface area contributed by atoms with E-state index in [1.54, 1.807) is 23.9 Å². The third-order valence-corrected chi connectivity index (χ3v) is 5.53. The van der Waals surface area contributed by atoms with E-state index < -0.39 is 6.10 Å². The van der Waals surface area contributed by atoms with Gasteiger partial charge in [0.1, 0.15) is 11.6 Å². The number of hydrogen-bond donors (Lipinski definition) is 1. The lowest BCUT2D eigenvalue weighted by molar-refractivity contribution is 0.0252. The van der Waals surface area contributed by atoms with Gasteiger partial charge in [0.15, 0.2) is 0 Å². The van der Waals surface area contributed by atoms with E-state index >= 15 is 0 Å². The monoisotopic (exact) mass is 441 g/mol. The Balaban J connectivity index is 2.02. The average molecular weight is 442 g/mol. The van der Waals surface area contributed by atoms with Gasteiger partial charge in [0, 0.05) is 32.3 Å². The number of aliphatic hydroxyl groups excluding tert-OH is 1. The smallest absolute Gasteiger partial charge is 0.227 e. The van der Waals surface area contributed by atoms with Crippen LogP contribution in [0.5, 0.6) is 11.6 Å². The number of aryl methyl sites for hydroxylation is 1. The highest BCUT2D eigenvalue weighted by Gasteiger charge is 2.24. The predicted octanol–water partition coefficient (Wildman–Crippen LogP) is 4.72. The summed E-state index contributed by atoms with van der Waals surface area (Å²) in [6, 6.07) is 16.0. The van der Waals surface area contributed by atoms with Crippen LogP contribution in [0, 0.1) is 12.7 Å². The van der Waals surface area contributed by atoms with Gasteiger partial charge in [0.25, 0.3) is 0 Å². The Bertz CT molecular complexity index is 993. The molecule has 0 aliphatic carbocycles. The van der Waals surface area contributed by atoms with Crippen LogP contribution in [-0.4, -0.2) is 52.2 Å². The van der Waals surface area contributed by atoms with Gasteiger partial charge in [-0.15, -0.1) is 0 Å². The maximum absolute atomic E-state index is 13.8. The summed E-state index contributed by atoms with van der Waals surface area (Å²) in [6.07, 6.45) is 0.317. The first-order valence-electron chi connectivity index (χ1n) is 10.9. The van der Waals surface area contributed by atoms with Crippen molar-refractivity contribution in [3.8, 4) is 17.3 Å². The van der Waals surface area contributed by atoms with E-state index in [0.29, 0.717) is 24.7 Å². The quantitative estimate of drug-likeness (QED) is 0.467. The van der Waals surface area contributed by atoms with Gasteiger partial charge in [0.2, 0.25) is 5.88 Å². The molecule has 2 atom stereocenters. The van der Waals surface area contributed by atoms with Crippen LogP contribution >= 0.6 is 0 Å². The van der Waals surface area contributed by atoms with Crippen molar-refractivity contribution in [1.82, 2.24) is 14.7 Å². The lowest BCUT2D eigenvalue weighted by atomic mass is 10.1. The number of rotatable bonds is 11. The first-order chi connectivity index (χ1) is 15.4. The number of aliphatic hydroxyl groups is 1. The third-order valence-electron chi connectivity index (χ3n) is 5.53. The predicted molar refractivity (Wildman–Crippen MR) is 123 cm³/mol. The van der Waals surface area contributed by atoms with Crippen molar-refractivity contribution < 1.29 is 19.0 Å².